The number of rotatable bonds is 5. The Balaban J connectivity index is 1.53. The standard InChI is InChI=1S/C14H28N2/c1-2-14-6-12-16(13-7-14)11-5-10-15-8-3-4-9-15/h14H,2-13H2,1H3. The molecule has 2 rings (SSSR count). The Labute approximate surface area is 101 Å². The zero-order chi connectivity index (χ0) is 11.2. The monoisotopic (exact) mass is 224 g/mol. The van der Waals surface area contributed by atoms with Gasteiger partial charge in [0, 0.05) is 0 Å². The van der Waals surface area contributed by atoms with Crippen LogP contribution in [0, 0.1) is 5.92 Å². The minimum absolute atomic E-state index is 1.02. The molecule has 0 saturated carbocycles. The first-order valence-corrected chi connectivity index (χ1v) is 7.33. The molecule has 2 aliphatic heterocycles. The lowest BCUT2D eigenvalue weighted by Gasteiger charge is -2.31. The average molecular weight is 224 g/mol. The van der Waals surface area contributed by atoms with Crippen LogP contribution in [0.3, 0.4) is 0 Å². The first-order valence-electron chi connectivity index (χ1n) is 7.33. The van der Waals surface area contributed by atoms with E-state index >= 15 is 0 Å². The molecule has 0 unspecified atom stereocenters. The number of likely N-dealkylation sites (tertiary alicyclic amines) is 2. The van der Waals surface area contributed by atoms with E-state index in [-0.39, 0.29) is 0 Å². The molecule has 0 N–H and O–H groups in total. The molecule has 0 radical (unpaired) electrons. The molecule has 2 heterocycles. The van der Waals surface area contributed by atoms with Gasteiger partial charge in [0.25, 0.3) is 0 Å². The highest BCUT2D eigenvalue weighted by molar-refractivity contribution is 4.72. The Hall–Kier alpha value is -0.0800. The van der Waals surface area contributed by atoms with Crippen LogP contribution in [0.2, 0.25) is 0 Å². The predicted molar refractivity (Wildman–Crippen MR) is 69.7 cm³/mol. The fourth-order valence-corrected chi connectivity index (χ4v) is 3.14. The highest BCUT2D eigenvalue weighted by Gasteiger charge is 2.17. The van der Waals surface area contributed by atoms with Gasteiger partial charge < -0.3 is 9.80 Å². The van der Waals surface area contributed by atoms with Crippen molar-refractivity contribution in [2.24, 2.45) is 5.92 Å². The van der Waals surface area contributed by atoms with Gasteiger partial charge in [-0.25, -0.2) is 0 Å². The normalized spacial score (nSPS) is 25.3. The van der Waals surface area contributed by atoms with Gasteiger partial charge in [0.2, 0.25) is 0 Å². The van der Waals surface area contributed by atoms with Crippen LogP contribution in [0.4, 0.5) is 0 Å². The van der Waals surface area contributed by atoms with Gasteiger partial charge >= 0.3 is 0 Å². The van der Waals surface area contributed by atoms with E-state index in [9.17, 15) is 0 Å². The molecule has 0 aromatic rings. The Morgan fingerprint density at radius 3 is 2.00 bits per heavy atom. The van der Waals surface area contributed by atoms with Crippen LogP contribution >= 0.6 is 0 Å². The molecule has 0 aliphatic carbocycles. The van der Waals surface area contributed by atoms with E-state index < -0.39 is 0 Å². The van der Waals surface area contributed by atoms with Crippen LogP contribution in [0.1, 0.15) is 45.4 Å². The van der Waals surface area contributed by atoms with Crippen molar-refractivity contribution in [1.82, 2.24) is 9.80 Å². The third-order valence-electron chi connectivity index (χ3n) is 4.43. The van der Waals surface area contributed by atoms with Gasteiger partial charge in [-0.15, -0.1) is 0 Å². The fourth-order valence-electron chi connectivity index (χ4n) is 3.14. The van der Waals surface area contributed by atoms with Gasteiger partial charge in [-0.2, -0.15) is 0 Å². The Morgan fingerprint density at radius 1 is 0.875 bits per heavy atom. The number of hydrogen-bond donors (Lipinski definition) is 0. The molecular weight excluding hydrogens is 196 g/mol. The third kappa shape index (κ3) is 3.74. The Kier molecular flexibility index (Phi) is 5.11. The second-order valence-electron chi connectivity index (χ2n) is 5.60. The topological polar surface area (TPSA) is 6.48 Å². The minimum Gasteiger partial charge on any atom is -0.303 e. The molecular formula is C14H28N2. The maximum atomic E-state index is 2.68. The summed E-state index contributed by atoms with van der Waals surface area (Å²) in [4.78, 5) is 5.32. The van der Waals surface area contributed by atoms with Gasteiger partial charge in [-0.05, 0) is 77.3 Å². The first kappa shape index (κ1) is 12.4. The van der Waals surface area contributed by atoms with Gasteiger partial charge in [0.1, 0.15) is 0 Å². The number of hydrogen-bond acceptors (Lipinski definition) is 2. The molecule has 0 bridgehead atoms. The lowest BCUT2D eigenvalue weighted by molar-refractivity contribution is 0.173. The van der Waals surface area contributed by atoms with E-state index in [1.807, 2.05) is 0 Å². The highest BCUT2D eigenvalue weighted by atomic mass is 15.2. The second kappa shape index (κ2) is 6.61. The van der Waals surface area contributed by atoms with Crippen molar-refractivity contribution < 1.29 is 0 Å². The largest absolute Gasteiger partial charge is 0.303 e. The molecule has 94 valence electrons. The summed E-state index contributed by atoms with van der Waals surface area (Å²) >= 11 is 0. The van der Waals surface area contributed by atoms with Crippen LogP contribution in [0.25, 0.3) is 0 Å². The molecule has 0 spiro atoms. The first-order chi connectivity index (χ1) is 7.88. The molecule has 2 nitrogen and oxygen atoms in total. The summed E-state index contributed by atoms with van der Waals surface area (Å²) in [6.45, 7) is 10.5. The number of nitrogens with zero attached hydrogens (tertiary/aromatic N) is 2. The summed E-state index contributed by atoms with van der Waals surface area (Å²) in [6, 6.07) is 0. The van der Waals surface area contributed by atoms with E-state index in [0.29, 0.717) is 0 Å². The third-order valence-corrected chi connectivity index (χ3v) is 4.43. The summed E-state index contributed by atoms with van der Waals surface area (Å²) in [5.74, 6) is 1.02. The molecule has 0 aromatic carbocycles. The second-order valence-corrected chi connectivity index (χ2v) is 5.60. The quantitative estimate of drug-likeness (QED) is 0.708. The summed E-state index contributed by atoms with van der Waals surface area (Å²) in [5.41, 5.74) is 0. The van der Waals surface area contributed by atoms with Gasteiger partial charge in [0.05, 0.1) is 0 Å². The van der Waals surface area contributed by atoms with Crippen LogP contribution in [0.15, 0.2) is 0 Å². The Morgan fingerprint density at radius 2 is 1.44 bits per heavy atom. The molecule has 16 heavy (non-hydrogen) atoms. The van der Waals surface area contributed by atoms with Crippen molar-refractivity contribution in [3.05, 3.63) is 0 Å². The highest BCUT2D eigenvalue weighted by Crippen LogP contribution is 2.19. The van der Waals surface area contributed by atoms with E-state index in [1.54, 1.807) is 0 Å². The molecule has 0 amide bonds. The van der Waals surface area contributed by atoms with Crippen molar-refractivity contribution in [2.75, 3.05) is 39.3 Å². The predicted octanol–water partition coefficient (Wildman–Crippen LogP) is 2.59. The fraction of sp³-hybridized carbons (Fsp3) is 1.00. The summed E-state index contributed by atoms with van der Waals surface area (Å²) in [5, 5.41) is 0. The van der Waals surface area contributed by atoms with Crippen molar-refractivity contribution in [2.45, 2.75) is 45.4 Å². The molecule has 2 fully saturated rings. The SMILES string of the molecule is CCC1CCN(CCCN2CCCC2)CC1. The molecule has 2 saturated heterocycles. The number of piperidine rings is 1. The van der Waals surface area contributed by atoms with E-state index in [4.69, 9.17) is 0 Å². The lowest BCUT2D eigenvalue weighted by Crippen LogP contribution is -2.35. The van der Waals surface area contributed by atoms with Crippen molar-refractivity contribution in [3.8, 4) is 0 Å². The van der Waals surface area contributed by atoms with Crippen LogP contribution in [0.5, 0.6) is 0 Å². The summed E-state index contributed by atoms with van der Waals surface area (Å²) in [6.07, 6.45) is 8.53. The summed E-state index contributed by atoms with van der Waals surface area (Å²) in [7, 11) is 0. The van der Waals surface area contributed by atoms with Crippen molar-refractivity contribution >= 4 is 0 Å². The van der Waals surface area contributed by atoms with Crippen LogP contribution < -0.4 is 0 Å². The van der Waals surface area contributed by atoms with Crippen molar-refractivity contribution in [1.29, 1.82) is 0 Å². The van der Waals surface area contributed by atoms with E-state index in [1.165, 1.54) is 77.8 Å². The molecule has 2 aliphatic rings. The zero-order valence-corrected chi connectivity index (χ0v) is 11.0. The van der Waals surface area contributed by atoms with Crippen LogP contribution in [-0.4, -0.2) is 49.1 Å². The molecule has 0 atom stereocenters. The van der Waals surface area contributed by atoms with Gasteiger partial charge in [-0.3, -0.25) is 0 Å². The molecule has 2 heteroatoms. The molecule has 0 aromatic heterocycles. The van der Waals surface area contributed by atoms with E-state index in [0.717, 1.165) is 5.92 Å². The lowest BCUT2D eigenvalue weighted by atomic mass is 9.94. The van der Waals surface area contributed by atoms with Gasteiger partial charge in [0.15, 0.2) is 0 Å². The Bertz CT molecular complexity index is 179. The summed E-state index contributed by atoms with van der Waals surface area (Å²) < 4.78 is 0. The zero-order valence-electron chi connectivity index (χ0n) is 11.0. The van der Waals surface area contributed by atoms with Crippen molar-refractivity contribution in [3.63, 3.8) is 0 Å². The smallest absolute Gasteiger partial charge is 0.000654 e. The maximum absolute atomic E-state index is 2.68. The van der Waals surface area contributed by atoms with Crippen LogP contribution in [-0.2, 0) is 0 Å². The maximum Gasteiger partial charge on any atom is -0.000654 e. The van der Waals surface area contributed by atoms with E-state index in [2.05, 4.69) is 16.7 Å². The minimum atomic E-state index is 1.02. The average Bonchev–Trinajstić information content (AvgIpc) is 2.83. The van der Waals surface area contributed by atoms with Gasteiger partial charge in [-0.1, -0.05) is 13.3 Å².